The van der Waals surface area contributed by atoms with Crippen LogP contribution in [-0.4, -0.2) is 23.4 Å². The van der Waals surface area contributed by atoms with Crippen molar-refractivity contribution in [2.75, 3.05) is 6.61 Å². The maximum Gasteiger partial charge on any atom is 0.119 e. The Balaban J connectivity index is 1.60. The lowest BCUT2D eigenvalue weighted by atomic mass is 9.74. The van der Waals surface area contributed by atoms with Gasteiger partial charge in [-0.25, -0.2) is 0 Å². The highest BCUT2D eigenvalue weighted by atomic mass is 16.5. The standard InChI is InChI=1S/C17H24O3/c1-2-16(18)13-4-6-14(7-5-13)20-15-8-11-19-17(12-15)9-3-10-17/h4-7,15-16,18H,2-3,8-12H2,1H3. The molecule has 2 unspecified atom stereocenters. The molecule has 3 nitrogen and oxygen atoms in total. The van der Waals surface area contributed by atoms with E-state index in [4.69, 9.17) is 9.47 Å². The molecule has 110 valence electrons. The minimum Gasteiger partial charge on any atom is -0.490 e. The van der Waals surface area contributed by atoms with E-state index in [1.165, 1.54) is 19.3 Å². The Bertz CT molecular complexity index is 436. The fraction of sp³-hybridized carbons (Fsp3) is 0.647. The molecule has 1 aromatic rings. The maximum absolute atomic E-state index is 9.79. The molecule has 3 heteroatoms. The molecule has 1 saturated carbocycles. The predicted octanol–water partition coefficient (Wildman–Crippen LogP) is 3.61. The summed E-state index contributed by atoms with van der Waals surface area (Å²) >= 11 is 0. The van der Waals surface area contributed by atoms with Gasteiger partial charge < -0.3 is 14.6 Å². The number of benzene rings is 1. The van der Waals surface area contributed by atoms with Crippen LogP contribution in [-0.2, 0) is 4.74 Å². The molecule has 3 rings (SSSR count). The molecule has 1 heterocycles. The van der Waals surface area contributed by atoms with Crippen LogP contribution in [0.2, 0.25) is 0 Å². The number of rotatable bonds is 4. The van der Waals surface area contributed by atoms with Gasteiger partial charge in [-0.1, -0.05) is 19.1 Å². The third-order valence-electron chi connectivity index (χ3n) is 4.67. The number of ether oxygens (including phenoxy) is 2. The van der Waals surface area contributed by atoms with Crippen molar-refractivity contribution < 1.29 is 14.6 Å². The van der Waals surface area contributed by atoms with Crippen molar-refractivity contribution in [2.45, 2.75) is 63.3 Å². The van der Waals surface area contributed by atoms with Gasteiger partial charge in [0.25, 0.3) is 0 Å². The van der Waals surface area contributed by atoms with E-state index in [2.05, 4.69) is 0 Å². The molecular weight excluding hydrogens is 252 g/mol. The van der Waals surface area contributed by atoms with Gasteiger partial charge >= 0.3 is 0 Å². The van der Waals surface area contributed by atoms with Crippen LogP contribution >= 0.6 is 0 Å². The molecular formula is C17H24O3. The van der Waals surface area contributed by atoms with E-state index in [9.17, 15) is 5.11 Å². The number of hydrogen-bond donors (Lipinski definition) is 1. The fourth-order valence-electron chi connectivity index (χ4n) is 3.20. The molecule has 1 aliphatic heterocycles. The summed E-state index contributed by atoms with van der Waals surface area (Å²) in [6, 6.07) is 7.86. The number of aliphatic hydroxyl groups excluding tert-OH is 1. The summed E-state index contributed by atoms with van der Waals surface area (Å²) in [6.07, 6.45) is 6.30. The Labute approximate surface area is 120 Å². The Morgan fingerprint density at radius 2 is 2.10 bits per heavy atom. The smallest absolute Gasteiger partial charge is 0.119 e. The first kappa shape index (κ1) is 13.9. The van der Waals surface area contributed by atoms with Gasteiger partial charge in [-0.15, -0.1) is 0 Å². The topological polar surface area (TPSA) is 38.7 Å². The summed E-state index contributed by atoms with van der Waals surface area (Å²) < 4.78 is 12.0. The largest absolute Gasteiger partial charge is 0.490 e. The van der Waals surface area contributed by atoms with Crippen LogP contribution in [0.5, 0.6) is 5.75 Å². The zero-order valence-electron chi connectivity index (χ0n) is 12.2. The van der Waals surface area contributed by atoms with Crippen molar-refractivity contribution >= 4 is 0 Å². The summed E-state index contributed by atoms with van der Waals surface area (Å²) in [5.41, 5.74) is 1.09. The predicted molar refractivity (Wildman–Crippen MR) is 77.9 cm³/mol. The molecule has 1 N–H and O–H groups in total. The normalized spacial score (nSPS) is 26.0. The Morgan fingerprint density at radius 3 is 2.70 bits per heavy atom. The third kappa shape index (κ3) is 2.84. The van der Waals surface area contributed by atoms with E-state index in [1.807, 2.05) is 31.2 Å². The summed E-state index contributed by atoms with van der Waals surface area (Å²) in [5, 5.41) is 9.79. The van der Waals surface area contributed by atoms with Crippen LogP contribution < -0.4 is 4.74 Å². The molecule has 1 saturated heterocycles. The second-order valence-electron chi connectivity index (χ2n) is 6.11. The first-order valence-electron chi connectivity index (χ1n) is 7.79. The lowest BCUT2D eigenvalue weighted by Gasteiger charge is -2.46. The van der Waals surface area contributed by atoms with Crippen LogP contribution in [0.4, 0.5) is 0 Å². The lowest BCUT2D eigenvalue weighted by Crippen LogP contribution is -2.48. The van der Waals surface area contributed by atoms with Crippen molar-refractivity contribution in [3.63, 3.8) is 0 Å². The van der Waals surface area contributed by atoms with E-state index in [1.54, 1.807) is 0 Å². The SMILES string of the molecule is CCC(O)c1ccc(OC2CCOC3(CCC3)C2)cc1. The van der Waals surface area contributed by atoms with Gasteiger partial charge in [-0.2, -0.15) is 0 Å². The van der Waals surface area contributed by atoms with Gasteiger partial charge in [0.05, 0.1) is 18.3 Å². The van der Waals surface area contributed by atoms with Crippen LogP contribution in [0.3, 0.4) is 0 Å². The van der Waals surface area contributed by atoms with Crippen molar-refractivity contribution in [1.29, 1.82) is 0 Å². The zero-order valence-corrected chi connectivity index (χ0v) is 12.2. The summed E-state index contributed by atoms with van der Waals surface area (Å²) in [4.78, 5) is 0. The van der Waals surface area contributed by atoms with E-state index in [0.29, 0.717) is 0 Å². The van der Waals surface area contributed by atoms with E-state index in [0.717, 1.165) is 37.2 Å². The third-order valence-corrected chi connectivity index (χ3v) is 4.67. The van der Waals surface area contributed by atoms with E-state index < -0.39 is 0 Å². The second kappa shape index (κ2) is 5.74. The highest BCUT2D eigenvalue weighted by Crippen LogP contribution is 2.43. The first-order chi connectivity index (χ1) is 9.71. The van der Waals surface area contributed by atoms with E-state index in [-0.39, 0.29) is 17.8 Å². The molecule has 20 heavy (non-hydrogen) atoms. The average Bonchev–Trinajstić information content (AvgIpc) is 2.46. The van der Waals surface area contributed by atoms with E-state index >= 15 is 0 Å². The molecule has 0 radical (unpaired) electrons. The van der Waals surface area contributed by atoms with Crippen molar-refractivity contribution in [2.24, 2.45) is 0 Å². The molecule has 0 bridgehead atoms. The van der Waals surface area contributed by atoms with Gasteiger partial charge in [0.1, 0.15) is 11.9 Å². The molecule has 2 aliphatic rings. The molecule has 0 amide bonds. The highest BCUT2D eigenvalue weighted by Gasteiger charge is 2.43. The van der Waals surface area contributed by atoms with Gasteiger partial charge in [0.15, 0.2) is 0 Å². The Morgan fingerprint density at radius 1 is 1.35 bits per heavy atom. The van der Waals surface area contributed by atoms with Gasteiger partial charge in [-0.05, 0) is 43.4 Å². The zero-order chi connectivity index (χ0) is 14.0. The number of hydrogen-bond acceptors (Lipinski definition) is 3. The van der Waals surface area contributed by atoms with Gasteiger partial charge in [-0.3, -0.25) is 0 Å². The number of aliphatic hydroxyl groups is 1. The molecule has 0 aromatic heterocycles. The van der Waals surface area contributed by atoms with Gasteiger partial charge in [0.2, 0.25) is 0 Å². The first-order valence-corrected chi connectivity index (χ1v) is 7.79. The second-order valence-corrected chi connectivity index (χ2v) is 6.11. The van der Waals surface area contributed by atoms with Crippen molar-refractivity contribution in [3.05, 3.63) is 29.8 Å². The van der Waals surface area contributed by atoms with Crippen molar-refractivity contribution in [1.82, 2.24) is 0 Å². The molecule has 1 spiro atoms. The average molecular weight is 276 g/mol. The monoisotopic (exact) mass is 276 g/mol. The van der Waals surface area contributed by atoms with Crippen LogP contribution in [0.1, 0.15) is 57.1 Å². The molecule has 2 fully saturated rings. The molecule has 2 atom stereocenters. The summed E-state index contributed by atoms with van der Waals surface area (Å²) in [6.45, 7) is 2.80. The minimum atomic E-state index is -0.370. The quantitative estimate of drug-likeness (QED) is 0.913. The van der Waals surface area contributed by atoms with Crippen LogP contribution in [0, 0.1) is 0 Å². The summed E-state index contributed by atoms with van der Waals surface area (Å²) in [7, 11) is 0. The minimum absolute atomic E-state index is 0.126. The lowest BCUT2D eigenvalue weighted by molar-refractivity contribution is -0.153. The fourth-order valence-corrected chi connectivity index (χ4v) is 3.20. The Kier molecular flexibility index (Phi) is 3.99. The maximum atomic E-state index is 9.79. The van der Waals surface area contributed by atoms with Gasteiger partial charge in [0, 0.05) is 12.8 Å². The van der Waals surface area contributed by atoms with Crippen LogP contribution in [0.15, 0.2) is 24.3 Å². The van der Waals surface area contributed by atoms with Crippen LogP contribution in [0.25, 0.3) is 0 Å². The van der Waals surface area contributed by atoms with Crippen molar-refractivity contribution in [3.8, 4) is 5.75 Å². The highest BCUT2D eigenvalue weighted by molar-refractivity contribution is 5.28. The molecule has 1 aromatic carbocycles. The summed E-state index contributed by atoms with van der Waals surface area (Å²) in [5.74, 6) is 0.901. The molecule has 1 aliphatic carbocycles. The Hall–Kier alpha value is -1.06.